The molecular weight excluding hydrogens is 248 g/mol. The van der Waals surface area contributed by atoms with Crippen molar-refractivity contribution in [3.63, 3.8) is 0 Å². The first-order valence-electron chi connectivity index (χ1n) is 6.91. The van der Waals surface area contributed by atoms with Crippen LogP contribution < -0.4 is 5.32 Å². The first kappa shape index (κ1) is 12.9. The lowest BCUT2D eigenvalue weighted by atomic mass is 10.1. The number of nitrogens with zero attached hydrogens (tertiary/aromatic N) is 1. The Hall–Kier alpha value is -2.13. The predicted molar refractivity (Wildman–Crippen MR) is 78.8 cm³/mol. The third-order valence-corrected chi connectivity index (χ3v) is 3.61. The summed E-state index contributed by atoms with van der Waals surface area (Å²) >= 11 is 0. The van der Waals surface area contributed by atoms with Crippen LogP contribution in [0.2, 0.25) is 0 Å². The van der Waals surface area contributed by atoms with Crippen molar-refractivity contribution in [1.82, 2.24) is 10.2 Å². The molecule has 0 saturated heterocycles. The summed E-state index contributed by atoms with van der Waals surface area (Å²) < 4.78 is 0. The van der Waals surface area contributed by atoms with E-state index in [0.29, 0.717) is 13.1 Å². The molecule has 1 heterocycles. The zero-order chi connectivity index (χ0) is 13.8. The number of benzene rings is 2. The van der Waals surface area contributed by atoms with Gasteiger partial charge in [0.05, 0.1) is 6.54 Å². The zero-order valence-electron chi connectivity index (χ0n) is 11.4. The van der Waals surface area contributed by atoms with Gasteiger partial charge in [0, 0.05) is 19.6 Å². The van der Waals surface area contributed by atoms with Crippen molar-refractivity contribution in [3.05, 3.63) is 71.3 Å². The van der Waals surface area contributed by atoms with Crippen molar-refractivity contribution in [1.29, 1.82) is 0 Å². The molecular formula is C17H18N2O. The molecule has 3 rings (SSSR count). The Balaban J connectivity index is 1.49. The van der Waals surface area contributed by atoms with Crippen molar-refractivity contribution in [2.24, 2.45) is 0 Å². The summed E-state index contributed by atoms with van der Waals surface area (Å²) in [6.45, 7) is 2.80. The van der Waals surface area contributed by atoms with Crippen molar-refractivity contribution < 1.29 is 4.79 Å². The topological polar surface area (TPSA) is 32.3 Å². The minimum Gasteiger partial charge on any atom is -0.351 e. The highest BCUT2D eigenvalue weighted by Gasteiger charge is 2.19. The molecule has 0 radical (unpaired) electrons. The van der Waals surface area contributed by atoms with Crippen LogP contribution in [0.3, 0.4) is 0 Å². The van der Waals surface area contributed by atoms with Crippen LogP contribution in [0.25, 0.3) is 0 Å². The summed E-state index contributed by atoms with van der Waals surface area (Å²) in [5.74, 6) is 0.0849. The molecule has 1 aliphatic heterocycles. The van der Waals surface area contributed by atoms with Crippen molar-refractivity contribution >= 4 is 5.91 Å². The number of amides is 1. The molecule has 102 valence electrons. The number of fused-ring (bicyclic) bond motifs is 1. The Morgan fingerprint density at radius 3 is 2.20 bits per heavy atom. The van der Waals surface area contributed by atoms with Crippen molar-refractivity contribution in [2.45, 2.75) is 19.6 Å². The quantitative estimate of drug-likeness (QED) is 0.921. The number of rotatable bonds is 4. The Labute approximate surface area is 119 Å². The lowest BCUT2D eigenvalue weighted by Crippen LogP contribution is -2.34. The number of carbonyl (C=O) groups excluding carboxylic acids is 1. The summed E-state index contributed by atoms with van der Waals surface area (Å²) in [5.41, 5.74) is 3.80. The van der Waals surface area contributed by atoms with E-state index in [1.54, 1.807) is 0 Å². The van der Waals surface area contributed by atoms with Crippen LogP contribution in [0.1, 0.15) is 16.7 Å². The van der Waals surface area contributed by atoms with E-state index in [-0.39, 0.29) is 5.91 Å². The fourth-order valence-electron chi connectivity index (χ4n) is 2.57. The van der Waals surface area contributed by atoms with Gasteiger partial charge < -0.3 is 5.32 Å². The van der Waals surface area contributed by atoms with Crippen LogP contribution >= 0.6 is 0 Å². The summed E-state index contributed by atoms with van der Waals surface area (Å²) in [5, 5.41) is 2.97. The maximum atomic E-state index is 12.0. The molecule has 0 bridgehead atoms. The minimum absolute atomic E-state index is 0.0849. The molecule has 1 aliphatic rings. The molecule has 0 spiro atoms. The van der Waals surface area contributed by atoms with Gasteiger partial charge in [-0.1, -0.05) is 54.6 Å². The van der Waals surface area contributed by atoms with Gasteiger partial charge in [-0.15, -0.1) is 0 Å². The second kappa shape index (κ2) is 5.88. The monoisotopic (exact) mass is 266 g/mol. The first-order chi connectivity index (χ1) is 9.81. The van der Waals surface area contributed by atoms with Gasteiger partial charge >= 0.3 is 0 Å². The minimum atomic E-state index is 0.0849. The maximum absolute atomic E-state index is 12.0. The fraction of sp³-hybridized carbons (Fsp3) is 0.235. The molecule has 3 heteroatoms. The summed E-state index contributed by atoms with van der Waals surface area (Å²) in [6.07, 6.45) is 0. The number of hydrogen-bond acceptors (Lipinski definition) is 2. The summed E-state index contributed by atoms with van der Waals surface area (Å²) in [7, 11) is 0. The molecule has 0 unspecified atom stereocenters. The van der Waals surface area contributed by atoms with Gasteiger partial charge in [-0.2, -0.15) is 0 Å². The largest absolute Gasteiger partial charge is 0.351 e. The van der Waals surface area contributed by atoms with Gasteiger partial charge in [0.25, 0.3) is 0 Å². The van der Waals surface area contributed by atoms with Crippen molar-refractivity contribution in [2.75, 3.05) is 6.54 Å². The van der Waals surface area contributed by atoms with Gasteiger partial charge in [-0.25, -0.2) is 0 Å². The molecule has 0 aromatic heterocycles. The van der Waals surface area contributed by atoms with Crippen LogP contribution in [-0.4, -0.2) is 17.4 Å². The molecule has 1 N–H and O–H groups in total. The molecule has 1 amide bonds. The smallest absolute Gasteiger partial charge is 0.234 e. The lowest BCUT2D eigenvalue weighted by Gasteiger charge is -2.14. The van der Waals surface area contributed by atoms with Crippen LogP contribution in [0.4, 0.5) is 0 Å². The van der Waals surface area contributed by atoms with Gasteiger partial charge in [-0.05, 0) is 16.7 Å². The van der Waals surface area contributed by atoms with Gasteiger partial charge in [0.2, 0.25) is 5.91 Å². The Morgan fingerprint density at radius 1 is 0.950 bits per heavy atom. The highest BCUT2D eigenvalue weighted by molar-refractivity contribution is 5.78. The van der Waals surface area contributed by atoms with E-state index in [0.717, 1.165) is 18.7 Å². The van der Waals surface area contributed by atoms with Gasteiger partial charge in [0.1, 0.15) is 0 Å². The third kappa shape index (κ3) is 3.06. The van der Waals surface area contributed by atoms with Gasteiger partial charge in [-0.3, -0.25) is 9.69 Å². The Bertz CT molecular complexity index is 570. The number of hydrogen-bond donors (Lipinski definition) is 1. The van der Waals surface area contributed by atoms with E-state index >= 15 is 0 Å². The highest BCUT2D eigenvalue weighted by atomic mass is 16.2. The van der Waals surface area contributed by atoms with E-state index in [4.69, 9.17) is 0 Å². The Kier molecular flexibility index (Phi) is 3.79. The summed E-state index contributed by atoms with van der Waals surface area (Å²) in [4.78, 5) is 14.1. The van der Waals surface area contributed by atoms with Crippen LogP contribution in [0, 0.1) is 0 Å². The number of nitrogens with one attached hydrogen (secondary N) is 1. The molecule has 20 heavy (non-hydrogen) atoms. The average Bonchev–Trinajstić information content (AvgIpc) is 2.88. The normalized spacial score (nSPS) is 14.0. The van der Waals surface area contributed by atoms with Crippen molar-refractivity contribution in [3.8, 4) is 0 Å². The first-order valence-corrected chi connectivity index (χ1v) is 6.91. The third-order valence-electron chi connectivity index (χ3n) is 3.61. The number of carbonyl (C=O) groups is 1. The van der Waals surface area contributed by atoms with Crippen LogP contribution in [-0.2, 0) is 24.4 Å². The lowest BCUT2D eigenvalue weighted by molar-refractivity contribution is -0.122. The second-order valence-electron chi connectivity index (χ2n) is 5.18. The second-order valence-corrected chi connectivity index (χ2v) is 5.18. The standard InChI is InChI=1S/C17H18N2O/c20-17(18-10-14-6-2-1-3-7-14)13-19-11-15-8-4-5-9-16(15)12-19/h1-9H,10-13H2,(H,18,20). The Morgan fingerprint density at radius 2 is 1.55 bits per heavy atom. The average molecular weight is 266 g/mol. The van der Waals surface area contributed by atoms with Gasteiger partial charge in [0.15, 0.2) is 0 Å². The van der Waals surface area contributed by atoms with E-state index < -0.39 is 0 Å². The van der Waals surface area contributed by atoms with Crippen LogP contribution in [0.5, 0.6) is 0 Å². The molecule has 2 aromatic carbocycles. The molecule has 0 atom stereocenters. The maximum Gasteiger partial charge on any atom is 0.234 e. The fourth-order valence-corrected chi connectivity index (χ4v) is 2.57. The van der Waals surface area contributed by atoms with E-state index in [1.165, 1.54) is 11.1 Å². The zero-order valence-corrected chi connectivity index (χ0v) is 11.4. The molecule has 2 aromatic rings. The molecule has 0 saturated carbocycles. The SMILES string of the molecule is O=C(CN1Cc2ccccc2C1)NCc1ccccc1. The van der Waals surface area contributed by atoms with E-state index in [1.807, 2.05) is 30.3 Å². The molecule has 0 fully saturated rings. The summed E-state index contributed by atoms with van der Waals surface area (Å²) in [6, 6.07) is 18.4. The van der Waals surface area contributed by atoms with E-state index in [9.17, 15) is 4.79 Å². The molecule has 3 nitrogen and oxygen atoms in total. The van der Waals surface area contributed by atoms with E-state index in [2.05, 4.69) is 34.5 Å². The predicted octanol–water partition coefficient (Wildman–Crippen LogP) is 2.32. The van der Waals surface area contributed by atoms with Crippen LogP contribution in [0.15, 0.2) is 54.6 Å². The molecule has 0 aliphatic carbocycles. The highest BCUT2D eigenvalue weighted by Crippen LogP contribution is 2.21.